The Bertz CT molecular complexity index is 1400. The van der Waals surface area contributed by atoms with Crippen molar-refractivity contribution in [2.24, 2.45) is 0 Å². The predicted octanol–water partition coefficient (Wildman–Crippen LogP) is 6.52. The highest BCUT2D eigenvalue weighted by molar-refractivity contribution is 6.31. The Labute approximate surface area is 208 Å². The van der Waals surface area contributed by atoms with Gasteiger partial charge in [-0.2, -0.15) is 0 Å². The topological polar surface area (TPSA) is 82.8 Å². The molecule has 1 unspecified atom stereocenters. The molecule has 0 bridgehead atoms. The summed E-state index contributed by atoms with van der Waals surface area (Å²) in [5.74, 6) is -0.0716. The highest BCUT2D eigenvalue weighted by Crippen LogP contribution is 2.40. The largest absolute Gasteiger partial charge is 0.465 e. The number of likely N-dealkylation sites (tertiary alicyclic amines) is 1. The quantitative estimate of drug-likeness (QED) is 0.333. The highest BCUT2D eigenvalue weighted by atomic mass is 35.5. The summed E-state index contributed by atoms with van der Waals surface area (Å²) >= 11 is 6.37. The molecule has 1 fully saturated rings. The maximum Gasteiger partial charge on any atom is 0.407 e. The average molecular weight is 491 g/mol. The first-order chi connectivity index (χ1) is 16.8. The molecule has 35 heavy (non-hydrogen) atoms. The molecule has 3 aromatic carbocycles. The van der Waals surface area contributed by atoms with Gasteiger partial charge in [-0.3, -0.25) is 4.79 Å². The van der Waals surface area contributed by atoms with Gasteiger partial charge in [-0.25, -0.2) is 4.79 Å². The minimum absolute atomic E-state index is 0.0716. The lowest BCUT2D eigenvalue weighted by Gasteiger charge is -2.41. The minimum atomic E-state index is -0.921. The van der Waals surface area contributed by atoms with Crippen molar-refractivity contribution in [3.8, 4) is 0 Å². The Morgan fingerprint density at radius 2 is 1.86 bits per heavy atom. The number of piperidine rings is 1. The molecule has 4 aromatic rings. The molecule has 180 valence electrons. The first kappa shape index (κ1) is 23.2. The number of hydrogen-bond acceptors (Lipinski definition) is 3. The number of carboxylic acid groups (broad SMARTS) is 1. The Morgan fingerprint density at radius 1 is 1.09 bits per heavy atom. The van der Waals surface area contributed by atoms with E-state index < -0.39 is 11.5 Å². The third-order valence-electron chi connectivity index (χ3n) is 7.26. The van der Waals surface area contributed by atoms with Crippen LogP contribution in [-0.2, 0) is 10.2 Å². The van der Waals surface area contributed by atoms with Gasteiger partial charge in [0.15, 0.2) is 0 Å². The lowest BCUT2D eigenvalue weighted by molar-refractivity contribution is -0.123. The second-order valence-corrected chi connectivity index (χ2v) is 9.84. The first-order valence-corrected chi connectivity index (χ1v) is 12.2. The second-order valence-electron chi connectivity index (χ2n) is 9.41. The molecule has 1 aliphatic rings. The highest BCUT2D eigenvalue weighted by Gasteiger charge is 2.39. The Balaban J connectivity index is 1.42. The van der Waals surface area contributed by atoms with Gasteiger partial charge >= 0.3 is 6.09 Å². The summed E-state index contributed by atoms with van der Waals surface area (Å²) in [6.45, 7) is 2.74. The number of nitrogens with one attached hydrogen (secondary N) is 1. The molecular weight excluding hydrogens is 464 g/mol. The molecule has 0 aliphatic carbocycles. The predicted molar refractivity (Wildman–Crippen MR) is 137 cm³/mol. The summed E-state index contributed by atoms with van der Waals surface area (Å²) < 4.78 is 5.49. The van der Waals surface area contributed by atoms with Crippen LogP contribution in [0.2, 0.25) is 5.02 Å². The zero-order valence-corrected chi connectivity index (χ0v) is 20.2. The number of halogens is 1. The van der Waals surface area contributed by atoms with Crippen molar-refractivity contribution in [3.05, 3.63) is 83.1 Å². The van der Waals surface area contributed by atoms with Crippen LogP contribution in [0.1, 0.15) is 43.4 Å². The number of rotatable bonds is 5. The van der Waals surface area contributed by atoms with Crippen molar-refractivity contribution in [2.75, 3.05) is 13.1 Å². The number of hydrogen-bond donors (Lipinski definition) is 2. The molecule has 0 spiro atoms. The average Bonchev–Trinajstić information content (AvgIpc) is 3.31. The van der Waals surface area contributed by atoms with Gasteiger partial charge in [0.05, 0.1) is 12.3 Å². The summed E-state index contributed by atoms with van der Waals surface area (Å²) in [6.07, 6.45) is 2.15. The van der Waals surface area contributed by atoms with Crippen LogP contribution in [0.5, 0.6) is 0 Å². The van der Waals surface area contributed by atoms with E-state index >= 15 is 0 Å². The Hall–Kier alpha value is -3.51. The van der Waals surface area contributed by atoms with E-state index in [-0.39, 0.29) is 18.4 Å². The number of nitrogens with zero attached hydrogens (tertiary/aromatic N) is 1. The summed E-state index contributed by atoms with van der Waals surface area (Å²) in [5, 5.41) is 16.3. The van der Waals surface area contributed by atoms with Gasteiger partial charge in [0.25, 0.3) is 0 Å². The molecule has 7 heteroatoms. The maximum atomic E-state index is 13.4. The van der Waals surface area contributed by atoms with Crippen LogP contribution >= 0.6 is 11.6 Å². The number of furan rings is 1. The fourth-order valence-electron chi connectivity index (χ4n) is 5.33. The Kier molecular flexibility index (Phi) is 6.15. The molecule has 2 N–H and O–H groups in total. The zero-order chi connectivity index (χ0) is 24.6. The van der Waals surface area contributed by atoms with Gasteiger partial charge in [0.2, 0.25) is 5.91 Å². The van der Waals surface area contributed by atoms with E-state index in [2.05, 4.69) is 11.4 Å². The van der Waals surface area contributed by atoms with Crippen molar-refractivity contribution < 1.29 is 19.1 Å². The van der Waals surface area contributed by atoms with Gasteiger partial charge in [0, 0.05) is 35.3 Å². The van der Waals surface area contributed by atoms with Gasteiger partial charge in [-0.05, 0) is 72.0 Å². The summed E-state index contributed by atoms with van der Waals surface area (Å²) in [6, 6.07) is 19.5. The van der Waals surface area contributed by atoms with Crippen LogP contribution in [0, 0.1) is 0 Å². The number of benzene rings is 3. The van der Waals surface area contributed by atoms with Crippen LogP contribution in [0.4, 0.5) is 4.79 Å². The standard InChI is InChI=1S/C28H27ClN2O4/c1-18(24-16-22(29)15-19-4-2-3-5-23(19)24)30-26(32)17-28(9-11-31(12-10-28)27(33)34)21-6-7-25-20(14-21)8-13-35-25/h2-8,13-16,18H,9-12,17H2,1H3,(H,30,32)(H,33,34). The molecule has 2 heterocycles. The molecular formula is C28H27ClN2O4. The smallest absolute Gasteiger partial charge is 0.407 e. The molecule has 5 rings (SSSR count). The van der Waals surface area contributed by atoms with E-state index in [0.717, 1.165) is 32.9 Å². The van der Waals surface area contributed by atoms with Crippen LogP contribution in [-0.4, -0.2) is 35.1 Å². The number of carbonyl (C=O) groups is 2. The van der Waals surface area contributed by atoms with E-state index in [4.69, 9.17) is 16.0 Å². The molecule has 6 nitrogen and oxygen atoms in total. The Morgan fingerprint density at radius 3 is 2.63 bits per heavy atom. The zero-order valence-electron chi connectivity index (χ0n) is 19.5. The van der Waals surface area contributed by atoms with Crippen LogP contribution in [0.15, 0.2) is 71.3 Å². The van der Waals surface area contributed by atoms with Gasteiger partial charge < -0.3 is 19.7 Å². The van der Waals surface area contributed by atoms with E-state index in [9.17, 15) is 14.7 Å². The van der Waals surface area contributed by atoms with Crippen LogP contribution < -0.4 is 5.32 Å². The third kappa shape index (κ3) is 4.58. The van der Waals surface area contributed by atoms with E-state index in [0.29, 0.717) is 31.0 Å². The second kappa shape index (κ2) is 9.27. The molecule has 1 saturated heterocycles. The minimum Gasteiger partial charge on any atom is -0.465 e. The van der Waals surface area contributed by atoms with Gasteiger partial charge in [-0.1, -0.05) is 41.9 Å². The van der Waals surface area contributed by atoms with E-state index in [1.54, 1.807) is 6.26 Å². The van der Waals surface area contributed by atoms with Crippen molar-refractivity contribution in [1.82, 2.24) is 10.2 Å². The summed E-state index contributed by atoms with van der Waals surface area (Å²) in [7, 11) is 0. The number of fused-ring (bicyclic) bond motifs is 2. The SMILES string of the molecule is CC(NC(=O)CC1(c2ccc3occc3c2)CCN(C(=O)O)CC1)c1cc(Cl)cc2ccccc12. The maximum absolute atomic E-state index is 13.4. The van der Waals surface area contributed by atoms with Crippen molar-refractivity contribution in [2.45, 2.75) is 37.6 Å². The monoisotopic (exact) mass is 490 g/mol. The lowest BCUT2D eigenvalue weighted by Crippen LogP contribution is -2.47. The summed E-state index contributed by atoms with van der Waals surface area (Å²) in [5.41, 5.74) is 2.33. The molecule has 2 amide bonds. The number of carbonyl (C=O) groups excluding carboxylic acids is 1. The van der Waals surface area contributed by atoms with Gasteiger partial charge in [-0.15, -0.1) is 0 Å². The summed E-state index contributed by atoms with van der Waals surface area (Å²) in [4.78, 5) is 26.4. The van der Waals surface area contributed by atoms with E-state index in [1.807, 2.05) is 61.5 Å². The number of amides is 2. The van der Waals surface area contributed by atoms with Crippen LogP contribution in [0.3, 0.4) is 0 Å². The molecule has 1 aliphatic heterocycles. The van der Waals surface area contributed by atoms with Crippen molar-refractivity contribution in [3.63, 3.8) is 0 Å². The first-order valence-electron chi connectivity index (χ1n) is 11.8. The molecule has 0 radical (unpaired) electrons. The lowest BCUT2D eigenvalue weighted by atomic mass is 9.70. The third-order valence-corrected chi connectivity index (χ3v) is 7.48. The normalized spacial score (nSPS) is 16.3. The fourth-order valence-corrected chi connectivity index (χ4v) is 5.56. The van der Waals surface area contributed by atoms with Crippen molar-refractivity contribution in [1.29, 1.82) is 0 Å². The molecule has 1 aromatic heterocycles. The van der Waals surface area contributed by atoms with Crippen molar-refractivity contribution >= 4 is 45.3 Å². The fraction of sp³-hybridized carbons (Fsp3) is 0.286. The van der Waals surface area contributed by atoms with Crippen LogP contribution in [0.25, 0.3) is 21.7 Å². The molecule has 1 atom stereocenters. The molecule has 0 saturated carbocycles. The van der Waals surface area contributed by atoms with Gasteiger partial charge in [0.1, 0.15) is 5.58 Å². The van der Waals surface area contributed by atoms with E-state index in [1.165, 1.54) is 4.90 Å².